The van der Waals surface area contributed by atoms with Gasteiger partial charge in [-0.2, -0.15) is 0 Å². The second kappa shape index (κ2) is 9.41. The van der Waals surface area contributed by atoms with Crippen LogP contribution >= 0.6 is 11.8 Å². The molecule has 5 atom stereocenters. The van der Waals surface area contributed by atoms with Crippen molar-refractivity contribution in [3.8, 4) is 5.75 Å². The van der Waals surface area contributed by atoms with Crippen LogP contribution in [0.5, 0.6) is 5.75 Å². The van der Waals surface area contributed by atoms with Crippen LogP contribution in [0.25, 0.3) is 0 Å². The number of ether oxygens (including phenoxy) is 1. The van der Waals surface area contributed by atoms with Gasteiger partial charge in [-0.3, -0.25) is 9.36 Å². The highest BCUT2D eigenvalue weighted by atomic mass is 32.2. The fraction of sp³-hybridized carbons (Fsp3) is 0.625. The third kappa shape index (κ3) is 4.38. The molecule has 172 valence electrons. The van der Waals surface area contributed by atoms with Crippen LogP contribution in [-0.4, -0.2) is 32.5 Å². The molecule has 32 heavy (non-hydrogen) atoms. The van der Waals surface area contributed by atoms with Crippen molar-refractivity contribution in [2.45, 2.75) is 74.9 Å². The van der Waals surface area contributed by atoms with Crippen LogP contribution in [0.4, 0.5) is 4.39 Å². The summed E-state index contributed by atoms with van der Waals surface area (Å²) in [7, 11) is 0. The number of nitrogens with zero attached hydrogens (tertiary/aromatic N) is 3. The number of carbonyl (C=O) groups excluding carboxylic acids is 1. The predicted molar refractivity (Wildman–Crippen MR) is 121 cm³/mol. The number of aromatic nitrogens is 3. The average molecular weight is 459 g/mol. The Morgan fingerprint density at radius 1 is 1.22 bits per heavy atom. The Labute approximate surface area is 192 Å². The average Bonchev–Trinajstić information content (AvgIpc) is 3.49. The summed E-state index contributed by atoms with van der Waals surface area (Å²) in [5.74, 6) is 2.78. The highest BCUT2D eigenvalue weighted by Crippen LogP contribution is 2.52. The summed E-state index contributed by atoms with van der Waals surface area (Å²) in [5.41, 5.74) is 0. The molecule has 1 N–H and O–H groups in total. The minimum Gasteiger partial charge on any atom is -0.483 e. The molecule has 5 rings (SSSR count). The van der Waals surface area contributed by atoms with E-state index < -0.39 is 0 Å². The van der Waals surface area contributed by atoms with Crippen molar-refractivity contribution in [1.82, 2.24) is 20.1 Å². The lowest BCUT2D eigenvalue weighted by molar-refractivity contribution is -0.120. The molecule has 1 aromatic heterocycles. The van der Waals surface area contributed by atoms with E-state index in [1.807, 2.05) is 0 Å². The Kier molecular flexibility index (Phi) is 6.40. The van der Waals surface area contributed by atoms with Crippen molar-refractivity contribution >= 4 is 17.7 Å². The fourth-order valence-electron chi connectivity index (χ4n) is 5.83. The Hall–Kier alpha value is -2.09. The summed E-state index contributed by atoms with van der Waals surface area (Å²) in [4.78, 5) is 12.6. The van der Waals surface area contributed by atoms with E-state index in [4.69, 9.17) is 4.74 Å². The van der Waals surface area contributed by atoms with Gasteiger partial charge in [0.15, 0.2) is 22.5 Å². The van der Waals surface area contributed by atoms with Gasteiger partial charge in [0.1, 0.15) is 6.61 Å². The van der Waals surface area contributed by atoms with Gasteiger partial charge in [-0.25, -0.2) is 4.39 Å². The molecule has 8 heteroatoms. The second-order valence-electron chi connectivity index (χ2n) is 9.46. The Bertz CT molecular complexity index is 967. The van der Waals surface area contributed by atoms with Gasteiger partial charge in [-0.15, -0.1) is 10.2 Å². The van der Waals surface area contributed by atoms with Crippen molar-refractivity contribution in [2.75, 3.05) is 6.54 Å². The van der Waals surface area contributed by atoms with Crippen molar-refractivity contribution in [1.29, 1.82) is 0 Å². The van der Waals surface area contributed by atoms with E-state index in [2.05, 4.69) is 27.0 Å². The van der Waals surface area contributed by atoms with Crippen LogP contribution in [0.2, 0.25) is 0 Å². The molecular formula is C24H31FN4O2S. The zero-order valence-electron chi connectivity index (χ0n) is 18.5. The molecule has 3 fully saturated rings. The predicted octanol–water partition coefficient (Wildman–Crippen LogP) is 4.75. The van der Waals surface area contributed by atoms with Gasteiger partial charge < -0.3 is 10.1 Å². The van der Waals surface area contributed by atoms with Crippen LogP contribution in [-0.2, 0) is 11.4 Å². The third-order valence-electron chi connectivity index (χ3n) is 7.48. The zero-order valence-corrected chi connectivity index (χ0v) is 19.3. The normalized spacial score (nSPS) is 28.4. The Balaban J connectivity index is 1.40. The topological polar surface area (TPSA) is 69.0 Å². The van der Waals surface area contributed by atoms with Gasteiger partial charge in [0.05, 0.1) is 5.25 Å². The lowest BCUT2D eigenvalue weighted by Crippen LogP contribution is -2.31. The van der Waals surface area contributed by atoms with Crippen molar-refractivity contribution in [3.05, 3.63) is 35.9 Å². The number of thioether (sulfide) groups is 1. The number of hydrogen-bond donors (Lipinski definition) is 1. The molecule has 2 heterocycles. The maximum absolute atomic E-state index is 14.1. The van der Waals surface area contributed by atoms with Crippen LogP contribution in [0.15, 0.2) is 29.4 Å². The molecule has 1 saturated heterocycles. The molecule has 2 saturated carbocycles. The van der Waals surface area contributed by atoms with Crippen LogP contribution < -0.4 is 10.1 Å². The number of rotatable bonds is 7. The quantitative estimate of drug-likeness (QED) is 0.648. The summed E-state index contributed by atoms with van der Waals surface area (Å²) >= 11 is 1.51. The smallest absolute Gasteiger partial charge is 0.233 e. The van der Waals surface area contributed by atoms with Gasteiger partial charge in [0.2, 0.25) is 5.91 Å². The molecule has 2 bridgehead atoms. The number of carbonyl (C=O) groups is 1. The molecule has 0 radical (unpaired) electrons. The van der Waals surface area contributed by atoms with Crippen LogP contribution in [0.1, 0.15) is 63.7 Å². The van der Waals surface area contributed by atoms with Crippen molar-refractivity contribution < 1.29 is 13.9 Å². The first-order chi connectivity index (χ1) is 15.6. The summed E-state index contributed by atoms with van der Waals surface area (Å²) in [6, 6.07) is 6.64. The Morgan fingerprint density at radius 2 is 2.09 bits per heavy atom. The van der Waals surface area contributed by atoms with Crippen LogP contribution in [0, 0.1) is 23.6 Å². The lowest BCUT2D eigenvalue weighted by atomic mass is 9.84. The van der Waals surface area contributed by atoms with Gasteiger partial charge in [-0.1, -0.05) is 36.7 Å². The first kappa shape index (κ1) is 21.7. The van der Waals surface area contributed by atoms with Crippen molar-refractivity contribution in [3.63, 3.8) is 0 Å². The van der Waals surface area contributed by atoms with Gasteiger partial charge in [-0.05, 0) is 68.9 Å². The van der Waals surface area contributed by atoms with E-state index in [1.54, 1.807) is 18.2 Å². The minimum absolute atomic E-state index is 0.0822. The van der Waals surface area contributed by atoms with Gasteiger partial charge in [0, 0.05) is 12.6 Å². The number of para-hydroxylation sites is 1. The molecule has 6 nitrogen and oxygen atoms in total. The molecule has 0 spiro atoms. The molecule has 2 aromatic rings. The number of benzene rings is 1. The van der Waals surface area contributed by atoms with E-state index in [0.717, 1.165) is 42.8 Å². The standard InChI is InChI=1S/C24H31FN4O2S/c1-15(18-13-16-9-10-17(18)12-16)29-22(14-31-20-7-3-2-6-19(20)25)27-28-24(29)32-21-8-4-5-11-26-23(21)30/h2-3,6-7,15-18,21H,4-5,8-14H2,1H3,(H,26,30). The highest BCUT2D eigenvalue weighted by Gasteiger charge is 2.43. The summed E-state index contributed by atoms with van der Waals surface area (Å²) in [6.07, 6.45) is 8.10. The van der Waals surface area contributed by atoms with Crippen molar-refractivity contribution in [2.24, 2.45) is 17.8 Å². The van der Waals surface area contributed by atoms with Gasteiger partial charge >= 0.3 is 0 Å². The van der Waals surface area contributed by atoms with E-state index in [1.165, 1.54) is 43.5 Å². The number of fused-ring (bicyclic) bond motifs is 2. The number of halogens is 1. The second-order valence-corrected chi connectivity index (χ2v) is 10.6. The lowest BCUT2D eigenvalue weighted by Gasteiger charge is -2.30. The maximum Gasteiger partial charge on any atom is 0.233 e. The molecule has 1 aliphatic heterocycles. The zero-order chi connectivity index (χ0) is 22.1. The largest absolute Gasteiger partial charge is 0.483 e. The maximum atomic E-state index is 14.1. The van der Waals surface area contributed by atoms with E-state index in [0.29, 0.717) is 11.7 Å². The molecular weight excluding hydrogens is 427 g/mol. The van der Waals surface area contributed by atoms with E-state index in [-0.39, 0.29) is 35.4 Å². The van der Waals surface area contributed by atoms with E-state index >= 15 is 0 Å². The molecule has 3 aliphatic rings. The SMILES string of the molecule is CC(C1CC2CCC1C2)n1c(COc2ccccc2F)nnc1SC1CCCCNC1=O. The highest BCUT2D eigenvalue weighted by molar-refractivity contribution is 8.00. The summed E-state index contributed by atoms with van der Waals surface area (Å²) < 4.78 is 22.0. The molecule has 5 unspecified atom stereocenters. The minimum atomic E-state index is -0.385. The molecule has 1 amide bonds. The summed E-state index contributed by atoms with van der Waals surface area (Å²) in [5, 5.41) is 12.6. The van der Waals surface area contributed by atoms with Crippen LogP contribution in [0.3, 0.4) is 0 Å². The number of nitrogens with one attached hydrogen (secondary N) is 1. The van der Waals surface area contributed by atoms with E-state index in [9.17, 15) is 9.18 Å². The number of amides is 1. The third-order valence-corrected chi connectivity index (χ3v) is 8.70. The fourth-order valence-corrected chi connectivity index (χ4v) is 7.03. The first-order valence-corrected chi connectivity index (χ1v) is 12.7. The number of hydrogen-bond acceptors (Lipinski definition) is 5. The van der Waals surface area contributed by atoms with Gasteiger partial charge in [0.25, 0.3) is 0 Å². The monoisotopic (exact) mass is 458 g/mol. The molecule has 2 aliphatic carbocycles. The molecule has 1 aromatic carbocycles. The first-order valence-electron chi connectivity index (χ1n) is 11.9. The Morgan fingerprint density at radius 3 is 2.88 bits per heavy atom. The summed E-state index contributed by atoms with van der Waals surface area (Å²) in [6.45, 7) is 3.14.